The Bertz CT molecular complexity index is 427. The van der Waals surface area contributed by atoms with Gasteiger partial charge in [0, 0.05) is 13.1 Å². The lowest BCUT2D eigenvalue weighted by Crippen LogP contribution is -2.35. The number of carbonyl (C=O) groups excluding carboxylic acids is 2. The van der Waals surface area contributed by atoms with E-state index in [1.165, 1.54) is 4.90 Å². The van der Waals surface area contributed by atoms with Gasteiger partial charge in [0.05, 0.1) is 0 Å². The molecule has 1 fully saturated rings. The van der Waals surface area contributed by atoms with Crippen molar-refractivity contribution >= 4 is 35.3 Å². The van der Waals surface area contributed by atoms with Crippen LogP contribution in [0.25, 0.3) is 0 Å². The number of amides is 2. The quantitative estimate of drug-likeness (QED) is 0.920. The summed E-state index contributed by atoms with van der Waals surface area (Å²) in [5.41, 5.74) is 0.891. The molecule has 0 bridgehead atoms. The number of hydrogen-bond acceptors (Lipinski definition) is 4. The minimum atomic E-state index is -0.374. The number of carbonyl (C=O) groups is 2. The van der Waals surface area contributed by atoms with Gasteiger partial charge in [-0.3, -0.25) is 14.5 Å². The Labute approximate surface area is 117 Å². The Balaban J connectivity index is 0.00000162. The van der Waals surface area contributed by atoms with E-state index in [2.05, 4.69) is 5.32 Å². The number of imide groups is 1. The topological polar surface area (TPSA) is 49.4 Å². The number of halogens is 1. The Hall–Kier alpha value is -1.04. The molecule has 0 radical (unpaired) electrons. The predicted molar refractivity (Wildman–Crippen MR) is 75.1 cm³/mol. The van der Waals surface area contributed by atoms with Gasteiger partial charge in [-0.1, -0.05) is 30.3 Å². The molecular weight excluding hydrogens is 272 g/mol. The molecule has 1 atom stereocenters. The number of hydrogen-bond donors (Lipinski definition) is 1. The van der Waals surface area contributed by atoms with Gasteiger partial charge in [0.15, 0.2) is 0 Å². The average Bonchev–Trinajstić information content (AvgIpc) is 2.64. The van der Waals surface area contributed by atoms with Gasteiger partial charge in [0.1, 0.15) is 5.25 Å². The van der Waals surface area contributed by atoms with Gasteiger partial charge in [-0.25, -0.2) is 0 Å². The fourth-order valence-electron chi connectivity index (χ4n) is 1.71. The highest BCUT2D eigenvalue weighted by Gasteiger charge is 2.39. The van der Waals surface area contributed by atoms with E-state index in [0.717, 1.165) is 17.3 Å². The molecule has 98 valence electrons. The first kappa shape index (κ1) is 15.0. The fraction of sp³-hybridized carbons (Fsp3) is 0.333. The van der Waals surface area contributed by atoms with E-state index in [0.29, 0.717) is 13.1 Å². The molecule has 0 aliphatic carbocycles. The summed E-state index contributed by atoms with van der Waals surface area (Å²) in [6, 6.07) is 9.41. The van der Waals surface area contributed by atoms with Crippen molar-refractivity contribution in [1.29, 1.82) is 0 Å². The van der Waals surface area contributed by atoms with Crippen LogP contribution >= 0.6 is 24.2 Å². The van der Waals surface area contributed by atoms with Gasteiger partial charge >= 0.3 is 0 Å². The van der Waals surface area contributed by atoms with Crippen molar-refractivity contribution in [2.45, 2.75) is 5.25 Å². The number of nitrogens with zero attached hydrogens (tertiary/aromatic N) is 1. The summed E-state index contributed by atoms with van der Waals surface area (Å²) in [7, 11) is 1.80. The summed E-state index contributed by atoms with van der Waals surface area (Å²) in [4.78, 5) is 25.1. The second-order valence-electron chi connectivity index (χ2n) is 3.77. The van der Waals surface area contributed by atoms with Crippen molar-refractivity contribution < 1.29 is 9.59 Å². The summed E-state index contributed by atoms with van der Waals surface area (Å²) >= 11 is 1.09. The molecule has 0 aromatic heterocycles. The zero-order chi connectivity index (χ0) is 12.3. The summed E-state index contributed by atoms with van der Waals surface area (Å²) in [6.07, 6.45) is 0. The van der Waals surface area contributed by atoms with Crippen LogP contribution in [0.5, 0.6) is 0 Å². The van der Waals surface area contributed by atoms with Crippen molar-refractivity contribution in [2.75, 3.05) is 20.1 Å². The third-order valence-corrected chi connectivity index (χ3v) is 3.75. The summed E-state index contributed by atoms with van der Waals surface area (Å²) in [6.45, 7) is 1.06. The number of benzene rings is 1. The standard InChI is InChI=1S/C12H14N2O2S.ClH/c1-13-7-8-14-11(15)10(17-12(14)16)9-5-3-2-4-6-9;/h2-6,10,13H,7-8H2,1H3;1H. The normalized spacial score (nSPS) is 18.9. The van der Waals surface area contributed by atoms with E-state index >= 15 is 0 Å². The molecule has 0 saturated carbocycles. The molecule has 1 heterocycles. The van der Waals surface area contributed by atoms with Crippen molar-refractivity contribution in [3.8, 4) is 0 Å². The zero-order valence-electron chi connectivity index (χ0n) is 9.96. The van der Waals surface area contributed by atoms with Crippen molar-refractivity contribution in [2.24, 2.45) is 0 Å². The van der Waals surface area contributed by atoms with Gasteiger partial charge in [0.25, 0.3) is 5.24 Å². The van der Waals surface area contributed by atoms with Gasteiger partial charge in [-0.15, -0.1) is 12.4 Å². The monoisotopic (exact) mass is 286 g/mol. The molecule has 2 amide bonds. The van der Waals surface area contributed by atoms with Crippen LogP contribution in [0.15, 0.2) is 30.3 Å². The molecule has 1 aromatic rings. The molecule has 1 unspecified atom stereocenters. The van der Waals surface area contributed by atoms with E-state index in [1.807, 2.05) is 30.3 Å². The lowest BCUT2D eigenvalue weighted by atomic mass is 10.1. The third kappa shape index (κ3) is 3.04. The van der Waals surface area contributed by atoms with E-state index < -0.39 is 0 Å². The highest BCUT2D eigenvalue weighted by molar-refractivity contribution is 8.14. The highest BCUT2D eigenvalue weighted by Crippen LogP contribution is 2.38. The van der Waals surface area contributed by atoms with Gasteiger partial charge in [-0.2, -0.15) is 0 Å². The molecular formula is C12H15ClN2O2S. The predicted octanol–water partition coefficient (Wildman–Crippen LogP) is 2.06. The average molecular weight is 287 g/mol. The number of likely N-dealkylation sites (N-methyl/N-ethyl adjacent to an activating group) is 1. The van der Waals surface area contributed by atoms with E-state index in [9.17, 15) is 9.59 Å². The van der Waals surface area contributed by atoms with Crippen molar-refractivity contribution in [3.05, 3.63) is 35.9 Å². The lowest BCUT2D eigenvalue weighted by Gasteiger charge is -2.13. The van der Waals surface area contributed by atoms with Gasteiger partial charge in [-0.05, 0) is 24.4 Å². The van der Waals surface area contributed by atoms with E-state index in [1.54, 1.807) is 7.05 Å². The maximum atomic E-state index is 12.1. The van der Waals surface area contributed by atoms with Crippen LogP contribution in [0.3, 0.4) is 0 Å². The first-order valence-corrected chi connectivity index (χ1v) is 6.33. The smallest absolute Gasteiger partial charge is 0.289 e. The second-order valence-corrected chi connectivity index (χ2v) is 4.82. The van der Waals surface area contributed by atoms with Crippen LogP contribution in [-0.4, -0.2) is 36.2 Å². The minimum Gasteiger partial charge on any atom is -0.318 e. The molecule has 1 aromatic carbocycles. The maximum absolute atomic E-state index is 12.1. The number of thioether (sulfide) groups is 1. The second kappa shape index (κ2) is 6.78. The van der Waals surface area contributed by atoms with Crippen LogP contribution in [-0.2, 0) is 4.79 Å². The largest absolute Gasteiger partial charge is 0.318 e. The molecule has 0 spiro atoms. The molecule has 1 aliphatic heterocycles. The van der Waals surface area contributed by atoms with Crippen LogP contribution in [0.2, 0.25) is 0 Å². The van der Waals surface area contributed by atoms with Crippen LogP contribution < -0.4 is 5.32 Å². The Morgan fingerprint density at radius 1 is 1.28 bits per heavy atom. The number of rotatable bonds is 4. The molecule has 18 heavy (non-hydrogen) atoms. The first-order chi connectivity index (χ1) is 8.24. The van der Waals surface area contributed by atoms with E-state index in [4.69, 9.17) is 0 Å². The van der Waals surface area contributed by atoms with Gasteiger partial charge in [0.2, 0.25) is 5.91 Å². The van der Waals surface area contributed by atoms with Crippen LogP contribution in [0, 0.1) is 0 Å². The van der Waals surface area contributed by atoms with E-state index in [-0.39, 0.29) is 28.8 Å². The number of nitrogens with one attached hydrogen (secondary N) is 1. The molecule has 1 saturated heterocycles. The van der Waals surface area contributed by atoms with Gasteiger partial charge < -0.3 is 5.32 Å². The molecule has 1 N–H and O–H groups in total. The third-order valence-electron chi connectivity index (χ3n) is 2.62. The van der Waals surface area contributed by atoms with Crippen LogP contribution in [0.4, 0.5) is 4.79 Å². The highest BCUT2D eigenvalue weighted by atomic mass is 35.5. The lowest BCUT2D eigenvalue weighted by molar-refractivity contribution is -0.126. The first-order valence-electron chi connectivity index (χ1n) is 5.45. The summed E-state index contributed by atoms with van der Waals surface area (Å²) < 4.78 is 0. The Morgan fingerprint density at radius 2 is 1.94 bits per heavy atom. The minimum absolute atomic E-state index is 0. The zero-order valence-corrected chi connectivity index (χ0v) is 11.6. The Morgan fingerprint density at radius 3 is 2.56 bits per heavy atom. The summed E-state index contributed by atoms with van der Waals surface area (Å²) in [5.74, 6) is -0.110. The Kier molecular flexibility index (Phi) is 5.65. The molecule has 2 rings (SSSR count). The molecule has 4 nitrogen and oxygen atoms in total. The SMILES string of the molecule is CNCCN1C(=O)SC(c2ccccc2)C1=O.Cl. The van der Waals surface area contributed by atoms with Crippen molar-refractivity contribution in [1.82, 2.24) is 10.2 Å². The molecule has 1 aliphatic rings. The maximum Gasteiger partial charge on any atom is 0.289 e. The molecule has 6 heteroatoms. The van der Waals surface area contributed by atoms with Crippen molar-refractivity contribution in [3.63, 3.8) is 0 Å². The van der Waals surface area contributed by atoms with Crippen LogP contribution in [0.1, 0.15) is 10.8 Å². The fourth-order valence-corrected chi connectivity index (χ4v) is 2.74. The summed E-state index contributed by atoms with van der Waals surface area (Å²) in [5, 5.41) is 2.41.